The van der Waals surface area contributed by atoms with Crippen LogP contribution in [0, 0.1) is 17.8 Å². The smallest absolute Gasteiger partial charge is 0.0502 e. The van der Waals surface area contributed by atoms with Gasteiger partial charge in [0.15, 0.2) is 0 Å². The molecule has 156 valence electrons. The predicted octanol–water partition coefficient (Wildman–Crippen LogP) is 8.94. The van der Waals surface area contributed by atoms with E-state index < -0.39 is 0 Å². The lowest BCUT2D eigenvalue weighted by Crippen LogP contribution is -2.42. The van der Waals surface area contributed by atoms with Gasteiger partial charge in [-0.15, -0.1) is 0 Å². The van der Waals surface area contributed by atoms with Crippen LogP contribution in [0.1, 0.15) is 44.2 Å². The molecular weight excluding hydrogens is 419 g/mol. The summed E-state index contributed by atoms with van der Waals surface area (Å²) in [5, 5.41) is 1.50. The monoisotopic (exact) mass is 444 g/mol. The van der Waals surface area contributed by atoms with Gasteiger partial charge in [-0.2, -0.15) is 0 Å². The minimum atomic E-state index is -0.140. The Hall–Kier alpha value is -2.02. The highest BCUT2D eigenvalue weighted by Crippen LogP contribution is 2.63. The van der Waals surface area contributed by atoms with Gasteiger partial charge in [0, 0.05) is 16.0 Å². The molecule has 0 nitrogen and oxygen atoms in total. The maximum Gasteiger partial charge on any atom is 0.0502 e. The number of hydrogen-bond donors (Lipinski definition) is 0. The lowest BCUT2D eigenvalue weighted by Gasteiger charge is -2.49. The van der Waals surface area contributed by atoms with Crippen molar-refractivity contribution in [3.8, 4) is 22.3 Å². The fraction of sp³-hybridized carbons (Fsp3) is 0.310. The van der Waals surface area contributed by atoms with Crippen LogP contribution in [-0.2, 0) is 5.41 Å². The molecule has 0 heterocycles. The summed E-state index contributed by atoms with van der Waals surface area (Å²) in [6.45, 7) is 4.76. The zero-order valence-corrected chi connectivity index (χ0v) is 19.5. The third-order valence-electron chi connectivity index (χ3n) is 8.03. The summed E-state index contributed by atoms with van der Waals surface area (Å²) in [6, 6.07) is 21.7. The van der Waals surface area contributed by atoms with Gasteiger partial charge >= 0.3 is 0 Å². The summed E-state index contributed by atoms with van der Waals surface area (Å²) >= 11 is 13.4. The molecule has 1 fully saturated rings. The van der Waals surface area contributed by atoms with E-state index in [-0.39, 0.29) is 5.41 Å². The van der Waals surface area contributed by atoms with E-state index in [1.807, 2.05) is 6.07 Å². The highest BCUT2D eigenvalue weighted by atomic mass is 35.5. The molecule has 4 atom stereocenters. The number of halogens is 2. The normalized spacial score (nSPS) is 28.3. The molecule has 2 bridgehead atoms. The number of allylic oxidation sites excluding steroid dienone is 2. The number of fused-ring (bicyclic) bond motifs is 8. The van der Waals surface area contributed by atoms with Gasteiger partial charge in [0.05, 0.1) is 5.02 Å². The molecule has 1 spiro atoms. The van der Waals surface area contributed by atoms with Gasteiger partial charge in [-0.25, -0.2) is 0 Å². The van der Waals surface area contributed by atoms with E-state index in [0.29, 0.717) is 11.8 Å². The maximum absolute atomic E-state index is 6.86. The van der Waals surface area contributed by atoms with Crippen molar-refractivity contribution in [2.24, 2.45) is 17.8 Å². The molecule has 0 saturated heterocycles. The van der Waals surface area contributed by atoms with Crippen molar-refractivity contribution in [2.45, 2.75) is 38.5 Å². The van der Waals surface area contributed by atoms with E-state index >= 15 is 0 Å². The number of benzene rings is 3. The third-order valence-corrected chi connectivity index (χ3v) is 8.54. The highest BCUT2D eigenvalue weighted by Gasteiger charge is 2.52. The zero-order valence-electron chi connectivity index (χ0n) is 18.0. The summed E-state index contributed by atoms with van der Waals surface area (Å²) < 4.78 is 0. The fourth-order valence-electron chi connectivity index (χ4n) is 6.77. The van der Waals surface area contributed by atoms with Crippen LogP contribution in [0.25, 0.3) is 22.3 Å². The van der Waals surface area contributed by atoms with Crippen LogP contribution in [0.3, 0.4) is 0 Å². The molecule has 1 saturated carbocycles. The summed E-state index contributed by atoms with van der Waals surface area (Å²) in [5.41, 5.74) is 9.09. The largest absolute Gasteiger partial charge is 0.0843 e. The van der Waals surface area contributed by atoms with Crippen LogP contribution in [0.2, 0.25) is 10.0 Å². The van der Waals surface area contributed by atoms with Crippen LogP contribution in [0.4, 0.5) is 0 Å². The van der Waals surface area contributed by atoms with E-state index in [0.717, 1.165) is 16.0 Å². The molecular formula is C29H26Cl2. The standard InChI is InChI=1S/C29H26Cl2/c1-17-10-21-12-22(11-17)29(16-18(21)2)25-13-20(19-6-4-3-5-7-19)8-9-24(25)28-26(29)14-23(30)15-27(28)31/h3-9,13-17,21-22H,10-12H2,1-2H3. The quantitative estimate of drug-likeness (QED) is 0.328. The van der Waals surface area contributed by atoms with Crippen molar-refractivity contribution < 1.29 is 0 Å². The van der Waals surface area contributed by atoms with Gasteiger partial charge in [0.1, 0.15) is 0 Å². The molecule has 3 aromatic rings. The van der Waals surface area contributed by atoms with Gasteiger partial charge in [-0.3, -0.25) is 0 Å². The van der Waals surface area contributed by atoms with Crippen molar-refractivity contribution in [3.05, 3.63) is 93.5 Å². The first-order valence-corrected chi connectivity index (χ1v) is 12.1. The molecule has 0 radical (unpaired) electrons. The van der Waals surface area contributed by atoms with Crippen molar-refractivity contribution in [1.82, 2.24) is 0 Å². The maximum atomic E-state index is 6.86. The fourth-order valence-corrected chi connectivity index (χ4v) is 7.37. The van der Waals surface area contributed by atoms with Crippen LogP contribution in [0.5, 0.6) is 0 Å². The van der Waals surface area contributed by atoms with Gasteiger partial charge in [-0.1, -0.05) is 84.2 Å². The van der Waals surface area contributed by atoms with Crippen molar-refractivity contribution in [3.63, 3.8) is 0 Å². The van der Waals surface area contributed by atoms with Gasteiger partial charge < -0.3 is 0 Å². The summed E-state index contributed by atoms with van der Waals surface area (Å²) in [5.74, 6) is 2.02. The summed E-state index contributed by atoms with van der Waals surface area (Å²) in [7, 11) is 0. The Labute approximate surface area is 194 Å². The minimum Gasteiger partial charge on any atom is -0.0843 e. The Morgan fingerprint density at radius 1 is 0.839 bits per heavy atom. The molecule has 2 heteroatoms. The molecule has 4 unspecified atom stereocenters. The lowest BCUT2D eigenvalue weighted by atomic mass is 9.55. The van der Waals surface area contributed by atoms with Crippen LogP contribution < -0.4 is 0 Å². The Morgan fingerprint density at radius 3 is 2.45 bits per heavy atom. The average molecular weight is 445 g/mol. The third kappa shape index (κ3) is 2.81. The second kappa shape index (κ2) is 6.99. The Balaban J connectivity index is 1.68. The Bertz CT molecular complexity index is 1220. The molecule has 0 aliphatic heterocycles. The van der Waals surface area contributed by atoms with E-state index in [9.17, 15) is 0 Å². The van der Waals surface area contributed by atoms with E-state index in [1.54, 1.807) is 0 Å². The molecule has 3 aliphatic carbocycles. The second-order valence-electron chi connectivity index (χ2n) is 9.90. The molecule has 0 aromatic heterocycles. The Kier molecular flexibility index (Phi) is 4.43. The first-order valence-electron chi connectivity index (χ1n) is 11.4. The molecule has 6 rings (SSSR count). The summed E-state index contributed by atoms with van der Waals surface area (Å²) in [6.07, 6.45) is 6.41. The molecule has 3 aliphatic rings. The van der Waals surface area contributed by atoms with Crippen molar-refractivity contribution in [2.75, 3.05) is 0 Å². The Morgan fingerprint density at radius 2 is 1.65 bits per heavy atom. The van der Waals surface area contributed by atoms with Gasteiger partial charge in [0.2, 0.25) is 0 Å². The lowest BCUT2D eigenvalue weighted by molar-refractivity contribution is 0.168. The van der Waals surface area contributed by atoms with Gasteiger partial charge in [-0.05, 0) is 90.0 Å². The van der Waals surface area contributed by atoms with Crippen LogP contribution >= 0.6 is 23.2 Å². The summed E-state index contributed by atoms with van der Waals surface area (Å²) in [4.78, 5) is 0. The molecule has 3 aromatic carbocycles. The van der Waals surface area contributed by atoms with Crippen molar-refractivity contribution in [1.29, 1.82) is 0 Å². The number of hydrogen-bond acceptors (Lipinski definition) is 0. The van der Waals surface area contributed by atoms with Crippen LogP contribution in [-0.4, -0.2) is 0 Å². The van der Waals surface area contributed by atoms with E-state index in [2.05, 4.69) is 74.5 Å². The topological polar surface area (TPSA) is 0 Å². The van der Waals surface area contributed by atoms with Crippen LogP contribution in [0.15, 0.2) is 72.3 Å². The van der Waals surface area contributed by atoms with Gasteiger partial charge in [0.25, 0.3) is 0 Å². The molecule has 31 heavy (non-hydrogen) atoms. The van der Waals surface area contributed by atoms with E-state index in [1.165, 1.54) is 58.2 Å². The van der Waals surface area contributed by atoms with Crippen molar-refractivity contribution >= 4 is 23.2 Å². The number of rotatable bonds is 1. The first kappa shape index (κ1) is 19.6. The molecule has 0 amide bonds. The highest BCUT2D eigenvalue weighted by molar-refractivity contribution is 6.37. The predicted molar refractivity (Wildman–Crippen MR) is 132 cm³/mol. The minimum absolute atomic E-state index is 0.140. The molecule has 0 N–H and O–H groups in total. The second-order valence-corrected chi connectivity index (χ2v) is 10.7. The SMILES string of the molecule is CC1=CC2(c3cc(-c4ccccc4)ccc3-c3c(Cl)cc(Cl)cc32)C2CC(C)CC1C2. The zero-order chi connectivity index (χ0) is 21.3. The first-order chi connectivity index (χ1) is 15.0. The van der Waals surface area contributed by atoms with E-state index in [4.69, 9.17) is 23.2 Å². The average Bonchev–Trinajstić information content (AvgIpc) is 3.03.